The van der Waals surface area contributed by atoms with E-state index in [-0.39, 0.29) is 0 Å². The van der Waals surface area contributed by atoms with Gasteiger partial charge in [-0.25, -0.2) is 0 Å². The second-order valence-corrected chi connectivity index (χ2v) is 4.57. The number of ether oxygens (including phenoxy) is 1. The molecule has 0 unspecified atom stereocenters. The molecular weight excluding hydrogens is 224 g/mol. The predicted octanol–water partition coefficient (Wildman–Crippen LogP) is 1.92. The van der Waals surface area contributed by atoms with Crippen molar-refractivity contribution in [2.45, 2.75) is 19.3 Å². The minimum Gasteiger partial charge on any atom is -0.383 e. The van der Waals surface area contributed by atoms with Gasteiger partial charge in [0.25, 0.3) is 0 Å². The first-order chi connectivity index (χ1) is 8.86. The molecule has 0 atom stereocenters. The SMILES string of the molecule is COCCN(CCCN)CCCc1ccccc1. The van der Waals surface area contributed by atoms with E-state index in [0.29, 0.717) is 0 Å². The number of aryl methyl sites for hydroxylation is 1. The lowest BCUT2D eigenvalue weighted by molar-refractivity contribution is 0.146. The Labute approximate surface area is 111 Å². The van der Waals surface area contributed by atoms with E-state index in [9.17, 15) is 0 Å². The third-order valence-corrected chi connectivity index (χ3v) is 3.07. The van der Waals surface area contributed by atoms with Crippen LogP contribution in [0.3, 0.4) is 0 Å². The molecular formula is C15H26N2O. The van der Waals surface area contributed by atoms with Crippen molar-refractivity contribution in [1.82, 2.24) is 4.90 Å². The number of methoxy groups -OCH3 is 1. The van der Waals surface area contributed by atoms with E-state index in [1.807, 2.05) is 0 Å². The quantitative estimate of drug-likeness (QED) is 0.689. The highest BCUT2D eigenvalue weighted by atomic mass is 16.5. The third-order valence-electron chi connectivity index (χ3n) is 3.07. The van der Waals surface area contributed by atoms with E-state index in [4.69, 9.17) is 10.5 Å². The lowest BCUT2D eigenvalue weighted by atomic mass is 10.1. The van der Waals surface area contributed by atoms with Gasteiger partial charge in [0.1, 0.15) is 0 Å². The van der Waals surface area contributed by atoms with Crippen LogP contribution in [-0.2, 0) is 11.2 Å². The minimum absolute atomic E-state index is 0.766. The van der Waals surface area contributed by atoms with Gasteiger partial charge in [0, 0.05) is 13.7 Å². The fraction of sp³-hybridized carbons (Fsp3) is 0.600. The highest BCUT2D eigenvalue weighted by molar-refractivity contribution is 5.14. The number of hydrogen-bond acceptors (Lipinski definition) is 3. The summed E-state index contributed by atoms with van der Waals surface area (Å²) >= 11 is 0. The molecule has 0 radical (unpaired) electrons. The molecule has 0 aliphatic heterocycles. The first kappa shape index (κ1) is 15.2. The highest BCUT2D eigenvalue weighted by Crippen LogP contribution is 2.04. The Bertz CT molecular complexity index is 282. The van der Waals surface area contributed by atoms with Gasteiger partial charge in [0.15, 0.2) is 0 Å². The molecule has 0 saturated carbocycles. The standard InChI is InChI=1S/C15H26N2O/c1-18-14-13-17(12-6-10-16)11-5-9-15-7-3-2-4-8-15/h2-4,7-8H,5-6,9-14,16H2,1H3. The first-order valence-corrected chi connectivity index (χ1v) is 6.82. The Morgan fingerprint density at radius 1 is 1.06 bits per heavy atom. The molecule has 0 saturated heterocycles. The van der Waals surface area contributed by atoms with Crippen molar-refractivity contribution in [2.24, 2.45) is 5.73 Å². The molecule has 0 bridgehead atoms. The van der Waals surface area contributed by atoms with E-state index in [0.717, 1.165) is 45.6 Å². The van der Waals surface area contributed by atoms with Gasteiger partial charge in [-0.2, -0.15) is 0 Å². The number of rotatable bonds is 10. The maximum atomic E-state index is 5.57. The van der Waals surface area contributed by atoms with Gasteiger partial charge in [0.2, 0.25) is 0 Å². The van der Waals surface area contributed by atoms with Crippen molar-refractivity contribution in [3.63, 3.8) is 0 Å². The summed E-state index contributed by atoms with van der Waals surface area (Å²) < 4.78 is 5.14. The number of nitrogens with zero attached hydrogens (tertiary/aromatic N) is 1. The van der Waals surface area contributed by atoms with Gasteiger partial charge in [-0.3, -0.25) is 0 Å². The summed E-state index contributed by atoms with van der Waals surface area (Å²) in [6.45, 7) is 4.77. The van der Waals surface area contributed by atoms with E-state index in [2.05, 4.69) is 35.2 Å². The van der Waals surface area contributed by atoms with Crippen molar-refractivity contribution >= 4 is 0 Å². The van der Waals surface area contributed by atoms with E-state index in [1.54, 1.807) is 7.11 Å². The van der Waals surface area contributed by atoms with Crippen molar-refractivity contribution in [3.05, 3.63) is 35.9 Å². The van der Waals surface area contributed by atoms with Gasteiger partial charge in [0.05, 0.1) is 6.61 Å². The molecule has 0 aliphatic rings. The van der Waals surface area contributed by atoms with Crippen LogP contribution in [0.25, 0.3) is 0 Å². The average Bonchev–Trinajstić information content (AvgIpc) is 2.42. The second kappa shape index (κ2) is 10.1. The summed E-state index contributed by atoms with van der Waals surface area (Å²) in [7, 11) is 1.76. The predicted molar refractivity (Wildman–Crippen MR) is 76.8 cm³/mol. The van der Waals surface area contributed by atoms with Crippen LogP contribution in [0.1, 0.15) is 18.4 Å². The fourth-order valence-corrected chi connectivity index (χ4v) is 2.02. The molecule has 1 rings (SSSR count). The molecule has 0 aliphatic carbocycles. The Morgan fingerprint density at radius 2 is 1.78 bits per heavy atom. The fourth-order valence-electron chi connectivity index (χ4n) is 2.02. The molecule has 2 N–H and O–H groups in total. The van der Waals surface area contributed by atoms with Crippen molar-refractivity contribution in [3.8, 4) is 0 Å². The number of benzene rings is 1. The molecule has 102 valence electrons. The second-order valence-electron chi connectivity index (χ2n) is 4.57. The lowest BCUT2D eigenvalue weighted by Gasteiger charge is -2.21. The smallest absolute Gasteiger partial charge is 0.0589 e. The van der Waals surface area contributed by atoms with Crippen LogP contribution in [0.15, 0.2) is 30.3 Å². The summed E-state index contributed by atoms with van der Waals surface area (Å²) in [6, 6.07) is 10.7. The summed E-state index contributed by atoms with van der Waals surface area (Å²) in [4.78, 5) is 2.44. The zero-order chi connectivity index (χ0) is 13.1. The molecule has 0 aromatic heterocycles. The summed E-state index contributed by atoms with van der Waals surface area (Å²) in [5, 5.41) is 0. The van der Waals surface area contributed by atoms with E-state index in [1.165, 1.54) is 12.0 Å². The van der Waals surface area contributed by atoms with Crippen LogP contribution < -0.4 is 5.73 Å². The van der Waals surface area contributed by atoms with Crippen LogP contribution in [0.2, 0.25) is 0 Å². The largest absolute Gasteiger partial charge is 0.383 e. The van der Waals surface area contributed by atoms with Crippen molar-refractivity contribution < 1.29 is 4.74 Å². The minimum atomic E-state index is 0.766. The van der Waals surface area contributed by atoms with Crippen LogP contribution in [0.4, 0.5) is 0 Å². The van der Waals surface area contributed by atoms with Crippen LogP contribution in [-0.4, -0.2) is 44.8 Å². The average molecular weight is 250 g/mol. The zero-order valence-electron chi connectivity index (χ0n) is 11.5. The van der Waals surface area contributed by atoms with Gasteiger partial charge in [-0.1, -0.05) is 30.3 Å². The molecule has 1 aromatic carbocycles. The van der Waals surface area contributed by atoms with E-state index < -0.39 is 0 Å². The normalized spacial score (nSPS) is 11.1. The molecule has 18 heavy (non-hydrogen) atoms. The van der Waals surface area contributed by atoms with Crippen LogP contribution >= 0.6 is 0 Å². The topological polar surface area (TPSA) is 38.5 Å². The summed E-state index contributed by atoms with van der Waals surface area (Å²) in [5.41, 5.74) is 6.99. The van der Waals surface area contributed by atoms with Gasteiger partial charge < -0.3 is 15.4 Å². The molecule has 3 nitrogen and oxygen atoms in total. The summed E-state index contributed by atoms with van der Waals surface area (Å²) in [6.07, 6.45) is 3.40. The number of nitrogens with two attached hydrogens (primary N) is 1. The molecule has 0 amide bonds. The molecule has 0 spiro atoms. The van der Waals surface area contributed by atoms with Crippen molar-refractivity contribution in [1.29, 1.82) is 0 Å². The van der Waals surface area contributed by atoms with Crippen LogP contribution in [0.5, 0.6) is 0 Å². The molecule has 0 heterocycles. The Kier molecular flexibility index (Phi) is 8.47. The Balaban J connectivity index is 2.23. The molecule has 1 aromatic rings. The van der Waals surface area contributed by atoms with Gasteiger partial charge in [-0.05, 0) is 44.5 Å². The number of hydrogen-bond donors (Lipinski definition) is 1. The maximum Gasteiger partial charge on any atom is 0.0589 e. The maximum absolute atomic E-state index is 5.57. The van der Waals surface area contributed by atoms with Crippen molar-refractivity contribution in [2.75, 3.05) is 39.9 Å². The Morgan fingerprint density at radius 3 is 2.44 bits per heavy atom. The van der Waals surface area contributed by atoms with Gasteiger partial charge in [-0.15, -0.1) is 0 Å². The van der Waals surface area contributed by atoms with E-state index >= 15 is 0 Å². The molecule has 3 heteroatoms. The lowest BCUT2D eigenvalue weighted by Crippen LogP contribution is -2.31. The first-order valence-electron chi connectivity index (χ1n) is 6.82. The van der Waals surface area contributed by atoms with Gasteiger partial charge >= 0.3 is 0 Å². The summed E-state index contributed by atoms with van der Waals surface area (Å²) in [5.74, 6) is 0. The Hall–Kier alpha value is -0.900. The monoisotopic (exact) mass is 250 g/mol. The highest BCUT2D eigenvalue weighted by Gasteiger charge is 2.03. The van der Waals surface area contributed by atoms with Crippen LogP contribution in [0, 0.1) is 0 Å². The molecule has 0 fully saturated rings. The zero-order valence-corrected chi connectivity index (χ0v) is 11.5. The third kappa shape index (κ3) is 6.74.